The van der Waals surface area contributed by atoms with Crippen molar-refractivity contribution in [2.75, 3.05) is 12.3 Å². The Labute approximate surface area is 202 Å². The lowest BCUT2D eigenvalue weighted by Crippen LogP contribution is -2.33. The molecule has 0 aliphatic carbocycles. The Morgan fingerprint density at radius 1 is 1.06 bits per heavy atom. The quantitative estimate of drug-likeness (QED) is 0.427. The Kier molecular flexibility index (Phi) is 6.01. The van der Waals surface area contributed by atoms with E-state index < -0.39 is 0 Å². The molecule has 1 fully saturated rings. The van der Waals surface area contributed by atoms with Crippen LogP contribution in [0.1, 0.15) is 24.1 Å². The first-order chi connectivity index (χ1) is 17.0. The summed E-state index contributed by atoms with van der Waals surface area (Å²) in [6.07, 6.45) is 4.90. The van der Waals surface area contributed by atoms with Crippen LogP contribution in [-0.4, -0.2) is 32.5 Å². The number of fused-ring (bicyclic) bond motifs is 1. The van der Waals surface area contributed by atoms with Gasteiger partial charge in [-0.2, -0.15) is 0 Å². The number of nitrogens with two attached hydrogens (primary N) is 2. The molecular weight excluding hydrogens is 443 g/mol. The smallest absolute Gasteiger partial charge is 0.221 e. The van der Waals surface area contributed by atoms with Gasteiger partial charge in [-0.05, 0) is 66.3 Å². The third kappa shape index (κ3) is 4.50. The summed E-state index contributed by atoms with van der Waals surface area (Å²) in [6, 6.07) is 17.6. The molecule has 0 saturated carbocycles. The molecular formula is C27H25FN6O. The highest BCUT2D eigenvalue weighted by atomic mass is 19.1. The molecule has 0 radical (unpaired) electrons. The maximum Gasteiger partial charge on any atom is 0.221 e. The van der Waals surface area contributed by atoms with Crippen LogP contribution < -0.4 is 16.2 Å². The molecule has 35 heavy (non-hydrogen) atoms. The van der Waals surface area contributed by atoms with Crippen LogP contribution in [0.2, 0.25) is 0 Å². The molecule has 4 N–H and O–H groups in total. The van der Waals surface area contributed by atoms with Crippen LogP contribution in [0.3, 0.4) is 0 Å². The Hall–Kier alpha value is -4.46. The van der Waals surface area contributed by atoms with E-state index >= 15 is 0 Å². The number of likely N-dealkylation sites (tertiary alicyclic amines) is 1. The zero-order valence-corrected chi connectivity index (χ0v) is 19.1. The summed E-state index contributed by atoms with van der Waals surface area (Å²) in [5, 5.41) is 2.01. The molecule has 8 heteroatoms. The predicted octanol–water partition coefficient (Wildman–Crippen LogP) is 4.59. The number of hydrogen-bond donors (Lipinski definition) is 2. The minimum Gasteiger partial charge on any atom is -0.475 e. The fourth-order valence-electron chi connectivity index (χ4n) is 4.38. The van der Waals surface area contributed by atoms with E-state index in [9.17, 15) is 4.39 Å². The summed E-state index contributed by atoms with van der Waals surface area (Å²) in [5.41, 5.74) is 15.7. The van der Waals surface area contributed by atoms with Crippen molar-refractivity contribution in [3.63, 3.8) is 0 Å². The Morgan fingerprint density at radius 3 is 2.63 bits per heavy atom. The number of anilines is 1. The normalized spacial score (nSPS) is 16.4. The molecule has 5 rings (SSSR count). The van der Waals surface area contributed by atoms with Crippen LogP contribution in [0, 0.1) is 5.82 Å². The average Bonchev–Trinajstić information content (AvgIpc) is 3.23. The van der Waals surface area contributed by atoms with E-state index in [4.69, 9.17) is 16.2 Å². The van der Waals surface area contributed by atoms with Gasteiger partial charge < -0.3 is 21.1 Å². The van der Waals surface area contributed by atoms with Crippen molar-refractivity contribution in [3.8, 4) is 5.88 Å². The van der Waals surface area contributed by atoms with E-state index in [0.29, 0.717) is 35.1 Å². The first-order valence-corrected chi connectivity index (χ1v) is 11.3. The van der Waals surface area contributed by atoms with Gasteiger partial charge in [0.15, 0.2) is 0 Å². The second kappa shape index (κ2) is 9.42. The minimum atomic E-state index is -0.339. The Morgan fingerprint density at radius 2 is 1.83 bits per heavy atom. The van der Waals surface area contributed by atoms with E-state index in [1.54, 1.807) is 30.6 Å². The maximum absolute atomic E-state index is 13.6. The molecule has 0 amide bonds. The van der Waals surface area contributed by atoms with E-state index in [1.807, 2.05) is 35.2 Å². The van der Waals surface area contributed by atoms with Gasteiger partial charge in [0.2, 0.25) is 11.8 Å². The van der Waals surface area contributed by atoms with E-state index in [0.717, 1.165) is 29.3 Å². The third-order valence-corrected chi connectivity index (χ3v) is 6.09. The fourth-order valence-corrected chi connectivity index (χ4v) is 4.38. The number of halogens is 1. The van der Waals surface area contributed by atoms with E-state index in [2.05, 4.69) is 21.5 Å². The van der Waals surface area contributed by atoms with Gasteiger partial charge in [0.25, 0.3) is 0 Å². The van der Waals surface area contributed by atoms with Gasteiger partial charge in [-0.15, -0.1) is 0 Å². The summed E-state index contributed by atoms with van der Waals surface area (Å²) in [5.74, 6) is 0.363. The lowest BCUT2D eigenvalue weighted by Gasteiger charge is -2.31. The lowest BCUT2D eigenvalue weighted by atomic mass is 10.1. The molecule has 1 aliphatic rings. The van der Waals surface area contributed by atoms with Crippen LogP contribution in [-0.2, 0) is 0 Å². The number of nitrogens with zero attached hydrogens (tertiary/aromatic N) is 4. The standard InChI is InChI=1S/C27H25FN6O/c1-17-6-11-21(16-35-26-22-5-3-2-4-18(22)12-14-31-26)34(17)25(23-13-15-32-27(30)33-23)24(29)19-7-9-20(28)10-8-19/h2-5,7-10,12-15,21H,1,6,11,16,29H2,(H2,30,32,33)/b25-24-. The largest absolute Gasteiger partial charge is 0.475 e. The zero-order chi connectivity index (χ0) is 24.4. The number of rotatable bonds is 6. The van der Waals surface area contributed by atoms with Gasteiger partial charge in [0, 0.05) is 23.5 Å². The number of hydrogen-bond acceptors (Lipinski definition) is 7. The second-order valence-electron chi connectivity index (χ2n) is 8.35. The predicted molar refractivity (Wildman–Crippen MR) is 135 cm³/mol. The van der Waals surface area contributed by atoms with E-state index in [1.165, 1.54) is 12.1 Å². The SMILES string of the molecule is C=C1CCC(COc2nccc3ccccc23)N1/C(=C(\N)c1ccc(F)cc1)c1ccnc(N)n1. The zero-order valence-electron chi connectivity index (χ0n) is 19.1. The first-order valence-electron chi connectivity index (χ1n) is 11.3. The van der Waals surface area contributed by atoms with Crippen LogP contribution in [0.5, 0.6) is 5.88 Å². The molecule has 3 heterocycles. The van der Waals surface area contributed by atoms with Crippen molar-refractivity contribution in [2.45, 2.75) is 18.9 Å². The highest BCUT2D eigenvalue weighted by molar-refractivity contribution is 5.88. The average molecular weight is 469 g/mol. The van der Waals surface area contributed by atoms with Crippen LogP contribution in [0.4, 0.5) is 10.3 Å². The molecule has 4 aromatic rings. The van der Waals surface area contributed by atoms with Crippen molar-refractivity contribution in [1.29, 1.82) is 0 Å². The van der Waals surface area contributed by atoms with Crippen molar-refractivity contribution >= 4 is 28.1 Å². The molecule has 2 aromatic carbocycles. The number of benzene rings is 2. The summed E-state index contributed by atoms with van der Waals surface area (Å²) >= 11 is 0. The Balaban J connectivity index is 1.53. The molecule has 1 saturated heterocycles. The number of nitrogen functional groups attached to an aromatic ring is 1. The summed E-state index contributed by atoms with van der Waals surface area (Å²) < 4.78 is 19.8. The molecule has 1 aliphatic heterocycles. The topological polar surface area (TPSA) is 103 Å². The van der Waals surface area contributed by atoms with Gasteiger partial charge >= 0.3 is 0 Å². The second-order valence-corrected chi connectivity index (χ2v) is 8.35. The van der Waals surface area contributed by atoms with Gasteiger partial charge in [-0.3, -0.25) is 0 Å². The first kappa shape index (κ1) is 22.3. The molecule has 7 nitrogen and oxygen atoms in total. The van der Waals surface area contributed by atoms with Crippen molar-refractivity contribution < 1.29 is 9.13 Å². The number of allylic oxidation sites excluding steroid dienone is 1. The highest BCUT2D eigenvalue weighted by Crippen LogP contribution is 2.38. The summed E-state index contributed by atoms with van der Waals surface area (Å²) in [6.45, 7) is 4.64. The molecule has 176 valence electrons. The highest BCUT2D eigenvalue weighted by Gasteiger charge is 2.33. The minimum absolute atomic E-state index is 0.0755. The molecule has 1 atom stereocenters. The summed E-state index contributed by atoms with van der Waals surface area (Å²) in [7, 11) is 0. The Bertz CT molecular complexity index is 1410. The molecule has 1 unspecified atom stereocenters. The van der Waals surface area contributed by atoms with Gasteiger partial charge in [-0.1, -0.05) is 24.8 Å². The lowest BCUT2D eigenvalue weighted by molar-refractivity contribution is 0.227. The van der Waals surface area contributed by atoms with Crippen LogP contribution in [0.25, 0.3) is 22.2 Å². The maximum atomic E-state index is 13.6. The molecule has 0 spiro atoms. The number of pyridine rings is 1. The monoisotopic (exact) mass is 468 g/mol. The van der Waals surface area contributed by atoms with Gasteiger partial charge in [0.05, 0.1) is 23.1 Å². The van der Waals surface area contributed by atoms with Crippen molar-refractivity contribution in [3.05, 3.63) is 102 Å². The van der Waals surface area contributed by atoms with Crippen molar-refractivity contribution in [1.82, 2.24) is 19.9 Å². The van der Waals surface area contributed by atoms with Gasteiger partial charge in [0.1, 0.15) is 12.4 Å². The number of ether oxygens (including phenoxy) is 1. The fraction of sp³-hybridized carbons (Fsp3) is 0.148. The van der Waals surface area contributed by atoms with Crippen LogP contribution >= 0.6 is 0 Å². The summed E-state index contributed by atoms with van der Waals surface area (Å²) in [4.78, 5) is 14.9. The van der Waals surface area contributed by atoms with Crippen LogP contribution in [0.15, 0.2) is 85.3 Å². The van der Waals surface area contributed by atoms with Gasteiger partial charge in [-0.25, -0.2) is 19.3 Å². The third-order valence-electron chi connectivity index (χ3n) is 6.09. The molecule has 0 bridgehead atoms. The van der Waals surface area contributed by atoms with Crippen molar-refractivity contribution in [2.24, 2.45) is 5.73 Å². The number of aromatic nitrogens is 3. The van der Waals surface area contributed by atoms with E-state index in [-0.39, 0.29) is 17.8 Å². The molecule has 2 aromatic heterocycles.